The summed E-state index contributed by atoms with van der Waals surface area (Å²) >= 11 is 0. The van der Waals surface area contributed by atoms with E-state index in [0.29, 0.717) is 19.7 Å². The van der Waals surface area contributed by atoms with E-state index in [-0.39, 0.29) is 24.7 Å². The van der Waals surface area contributed by atoms with Gasteiger partial charge in [-0.25, -0.2) is 0 Å². The number of piperazine rings is 1. The number of rotatable bonds is 13. The molecule has 1 N–H and O–H groups in total. The lowest BCUT2D eigenvalue weighted by molar-refractivity contribution is -0.151. The van der Waals surface area contributed by atoms with Crippen LogP contribution in [0.2, 0.25) is 0 Å². The van der Waals surface area contributed by atoms with E-state index < -0.39 is 12.0 Å². The standard InChI is InChI=1S/C25H38N2O4/c1-3-4-5-6-7-8-9-12-17-31-24(29)19-22-25(30)26-15-16-27(22)23(28)18-21-14-11-10-13-20(21)2/h10-11,13-14,22H,3-9,12,15-19H2,1-2H3,(H,26,30). The zero-order valence-electron chi connectivity index (χ0n) is 19.2. The average molecular weight is 431 g/mol. The highest BCUT2D eigenvalue weighted by Gasteiger charge is 2.35. The minimum Gasteiger partial charge on any atom is -0.466 e. The number of hydrogen-bond acceptors (Lipinski definition) is 4. The van der Waals surface area contributed by atoms with Crippen molar-refractivity contribution in [3.05, 3.63) is 35.4 Å². The fraction of sp³-hybridized carbons (Fsp3) is 0.640. The van der Waals surface area contributed by atoms with E-state index in [2.05, 4.69) is 12.2 Å². The number of nitrogens with zero attached hydrogens (tertiary/aromatic N) is 1. The van der Waals surface area contributed by atoms with Gasteiger partial charge in [0.1, 0.15) is 6.04 Å². The van der Waals surface area contributed by atoms with Gasteiger partial charge in [-0.15, -0.1) is 0 Å². The lowest BCUT2D eigenvalue weighted by Crippen LogP contribution is -2.58. The van der Waals surface area contributed by atoms with Crippen LogP contribution in [-0.2, 0) is 25.5 Å². The van der Waals surface area contributed by atoms with Gasteiger partial charge in [-0.2, -0.15) is 0 Å². The van der Waals surface area contributed by atoms with Crippen molar-refractivity contribution in [3.8, 4) is 0 Å². The van der Waals surface area contributed by atoms with Crippen molar-refractivity contribution in [3.63, 3.8) is 0 Å². The second-order valence-corrected chi connectivity index (χ2v) is 8.40. The van der Waals surface area contributed by atoms with Crippen LogP contribution in [0.25, 0.3) is 0 Å². The third-order valence-corrected chi connectivity index (χ3v) is 5.88. The quantitative estimate of drug-likeness (QED) is 0.380. The van der Waals surface area contributed by atoms with Crippen LogP contribution in [0.1, 0.15) is 75.8 Å². The van der Waals surface area contributed by atoms with Gasteiger partial charge in [0.2, 0.25) is 11.8 Å². The Kier molecular flexibility index (Phi) is 11.1. The fourth-order valence-electron chi connectivity index (χ4n) is 3.93. The summed E-state index contributed by atoms with van der Waals surface area (Å²) < 4.78 is 5.35. The molecule has 6 heteroatoms. The SMILES string of the molecule is CCCCCCCCCCOC(=O)CC1C(=O)NCCN1C(=O)Cc1ccccc1C. The van der Waals surface area contributed by atoms with E-state index >= 15 is 0 Å². The Morgan fingerprint density at radius 3 is 2.45 bits per heavy atom. The number of benzene rings is 1. The van der Waals surface area contributed by atoms with Gasteiger partial charge in [-0.3, -0.25) is 14.4 Å². The summed E-state index contributed by atoms with van der Waals surface area (Å²) in [6.07, 6.45) is 9.54. The molecule has 2 amide bonds. The summed E-state index contributed by atoms with van der Waals surface area (Å²) in [5.74, 6) is -0.836. The number of aryl methyl sites for hydroxylation is 1. The summed E-state index contributed by atoms with van der Waals surface area (Å²) in [5, 5.41) is 2.76. The molecule has 2 rings (SSSR count). The molecule has 1 saturated heterocycles. The molecule has 1 heterocycles. The zero-order chi connectivity index (χ0) is 22.5. The van der Waals surface area contributed by atoms with Gasteiger partial charge in [0.05, 0.1) is 19.4 Å². The van der Waals surface area contributed by atoms with Crippen LogP contribution in [-0.4, -0.2) is 48.4 Å². The summed E-state index contributed by atoms with van der Waals surface area (Å²) in [6.45, 7) is 5.37. The Bertz CT molecular complexity index is 719. The highest BCUT2D eigenvalue weighted by molar-refractivity contribution is 5.92. The first kappa shape index (κ1) is 24.9. The first-order valence-electron chi connectivity index (χ1n) is 11.8. The second-order valence-electron chi connectivity index (χ2n) is 8.40. The highest BCUT2D eigenvalue weighted by Crippen LogP contribution is 2.15. The molecule has 0 aromatic heterocycles. The highest BCUT2D eigenvalue weighted by atomic mass is 16.5. The number of carbonyl (C=O) groups is 3. The largest absolute Gasteiger partial charge is 0.466 e. The number of carbonyl (C=O) groups excluding carboxylic acids is 3. The molecule has 0 saturated carbocycles. The van der Waals surface area contributed by atoms with E-state index in [4.69, 9.17) is 4.74 Å². The van der Waals surface area contributed by atoms with Crippen LogP contribution in [0.5, 0.6) is 0 Å². The minimum atomic E-state index is -0.795. The predicted octanol–water partition coefficient (Wildman–Crippen LogP) is 3.94. The summed E-state index contributed by atoms with van der Waals surface area (Å²) in [7, 11) is 0. The summed E-state index contributed by atoms with van der Waals surface area (Å²) in [4.78, 5) is 39.1. The van der Waals surface area contributed by atoms with Crippen molar-refractivity contribution in [1.82, 2.24) is 10.2 Å². The Balaban J connectivity index is 1.75. The van der Waals surface area contributed by atoms with Crippen molar-refractivity contribution in [2.75, 3.05) is 19.7 Å². The lowest BCUT2D eigenvalue weighted by Gasteiger charge is -2.34. The van der Waals surface area contributed by atoms with Gasteiger partial charge in [-0.05, 0) is 24.5 Å². The first-order valence-corrected chi connectivity index (χ1v) is 11.8. The van der Waals surface area contributed by atoms with Crippen LogP contribution in [0.15, 0.2) is 24.3 Å². The fourth-order valence-corrected chi connectivity index (χ4v) is 3.93. The van der Waals surface area contributed by atoms with Crippen molar-refractivity contribution in [2.45, 2.75) is 84.1 Å². The third kappa shape index (κ3) is 8.72. The first-order chi connectivity index (χ1) is 15.0. The normalized spacial score (nSPS) is 16.1. The number of unbranched alkanes of at least 4 members (excludes halogenated alkanes) is 7. The van der Waals surface area contributed by atoms with Crippen molar-refractivity contribution >= 4 is 17.8 Å². The topological polar surface area (TPSA) is 75.7 Å². The van der Waals surface area contributed by atoms with Crippen LogP contribution >= 0.6 is 0 Å². The third-order valence-electron chi connectivity index (χ3n) is 5.88. The number of hydrogen-bond donors (Lipinski definition) is 1. The number of nitrogens with one attached hydrogen (secondary N) is 1. The molecule has 172 valence electrons. The molecule has 1 aliphatic heterocycles. The number of ether oxygens (including phenoxy) is 1. The molecule has 1 aromatic rings. The Labute approximate surface area is 186 Å². The molecule has 0 bridgehead atoms. The average Bonchev–Trinajstić information content (AvgIpc) is 2.75. The molecular weight excluding hydrogens is 392 g/mol. The zero-order valence-corrected chi connectivity index (χ0v) is 19.2. The van der Waals surface area contributed by atoms with Gasteiger partial charge >= 0.3 is 5.97 Å². The van der Waals surface area contributed by atoms with Crippen molar-refractivity contribution < 1.29 is 19.1 Å². The Morgan fingerprint density at radius 2 is 1.74 bits per heavy atom. The van der Waals surface area contributed by atoms with Gasteiger partial charge in [0.15, 0.2) is 0 Å². The maximum absolute atomic E-state index is 12.9. The van der Waals surface area contributed by atoms with Crippen molar-refractivity contribution in [2.24, 2.45) is 0 Å². The summed E-state index contributed by atoms with van der Waals surface area (Å²) in [5.41, 5.74) is 1.98. The second kappa shape index (κ2) is 13.8. The van der Waals surface area contributed by atoms with E-state index in [1.807, 2.05) is 31.2 Å². The van der Waals surface area contributed by atoms with E-state index in [0.717, 1.165) is 30.4 Å². The molecule has 31 heavy (non-hydrogen) atoms. The molecular formula is C25H38N2O4. The number of esters is 1. The van der Waals surface area contributed by atoms with Gasteiger partial charge < -0.3 is 15.0 Å². The summed E-state index contributed by atoms with van der Waals surface area (Å²) in [6, 6.07) is 6.92. The van der Waals surface area contributed by atoms with Crippen molar-refractivity contribution in [1.29, 1.82) is 0 Å². The minimum absolute atomic E-state index is 0.0949. The van der Waals surface area contributed by atoms with Gasteiger partial charge in [-0.1, -0.05) is 76.1 Å². The number of amides is 2. The Hall–Kier alpha value is -2.37. The molecule has 0 radical (unpaired) electrons. The van der Waals surface area contributed by atoms with Crippen LogP contribution < -0.4 is 5.32 Å². The lowest BCUT2D eigenvalue weighted by atomic mass is 10.0. The monoisotopic (exact) mass is 430 g/mol. The van der Waals surface area contributed by atoms with Crippen LogP contribution in [0.4, 0.5) is 0 Å². The molecule has 1 aromatic carbocycles. The van der Waals surface area contributed by atoms with Gasteiger partial charge in [0.25, 0.3) is 0 Å². The van der Waals surface area contributed by atoms with E-state index in [1.165, 1.54) is 37.0 Å². The maximum Gasteiger partial charge on any atom is 0.308 e. The maximum atomic E-state index is 12.9. The van der Waals surface area contributed by atoms with Crippen LogP contribution in [0.3, 0.4) is 0 Å². The molecule has 1 aliphatic rings. The van der Waals surface area contributed by atoms with E-state index in [1.54, 1.807) is 0 Å². The van der Waals surface area contributed by atoms with Gasteiger partial charge in [0, 0.05) is 13.1 Å². The molecule has 0 aliphatic carbocycles. The molecule has 1 atom stereocenters. The predicted molar refractivity (Wildman–Crippen MR) is 122 cm³/mol. The molecule has 1 unspecified atom stereocenters. The van der Waals surface area contributed by atoms with E-state index in [9.17, 15) is 14.4 Å². The molecule has 6 nitrogen and oxygen atoms in total. The molecule has 1 fully saturated rings. The smallest absolute Gasteiger partial charge is 0.308 e. The molecule has 0 spiro atoms. The van der Waals surface area contributed by atoms with Crippen LogP contribution in [0, 0.1) is 6.92 Å². The Morgan fingerprint density at radius 1 is 1.06 bits per heavy atom.